The minimum atomic E-state index is -5.33. The number of nitrogens with one attached hydrogen (secondary N) is 1. The SMILES string of the molecule is O=C(O[C@@H]1[C@H](O)[C@@H](CO)O[C@H]1n1cnc2c(NCC(c3ccccc3)c3ccccc3)nc(N3CCC[C@H]3CO)nc21)C(F)(F)F. The number of nitrogens with zero attached hydrogens (tertiary/aromatic N) is 5. The molecule has 15 heteroatoms. The van der Waals surface area contributed by atoms with Crippen LogP contribution in [0.4, 0.5) is 24.9 Å². The number of fused-ring (bicyclic) bond motifs is 1. The third-order valence-corrected chi connectivity index (χ3v) is 8.37. The van der Waals surface area contributed by atoms with Gasteiger partial charge in [0.1, 0.15) is 12.2 Å². The maximum Gasteiger partial charge on any atom is 0.490 e. The number of alkyl halides is 3. The van der Waals surface area contributed by atoms with Crippen LogP contribution < -0.4 is 10.2 Å². The Morgan fingerprint density at radius 3 is 2.33 bits per heavy atom. The van der Waals surface area contributed by atoms with E-state index in [0.717, 1.165) is 17.5 Å². The molecular weight excluding hydrogens is 609 g/mol. The van der Waals surface area contributed by atoms with Gasteiger partial charge in [0.2, 0.25) is 5.95 Å². The summed E-state index contributed by atoms with van der Waals surface area (Å²) in [7, 11) is 0. The predicted octanol–water partition coefficient (Wildman–Crippen LogP) is 2.76. The van der Waals surface area contributed by atoms with Gasteiger partial charge in [0.05, 0.1) is 25.6 Å². The number of aliphatic hydroxyl groups is 3. The third-order valence-electron chi connectivity index (χ3n) is 8.37. The van der Waals surface area contributed by atoms with Crippen LogP contribution in [0.5, 0.6) is 0 Å². The van der Waals surface area contributed by atoms with E-state index in [4.69, 9.17) is 9.72 Å². The number of rotatable bonds is 10. The summed E-state index contributed by atoms with van der Waals surface area (Å²) in [6.45, 7) is 0.0493. The summed E-state index contributed by atoms with van der Waals surface area (Å²) in [5.74, 6) is -2.05. The zero-order chi connectivity index (χ0) is 32.4. The normalized spacial score (nSPS) is 23.4. The van der Waals surface area contributed by atoms with Gasteiger partial charge in [0.25, 0.3) is 0 Å². The first-order valence-electron chi connectivity index (χ1n) is 14.9. The minimum absolute atomic E-state index is 0.0975. The lowest BCUT2D eigenvalue weighted by molar-refractivity contribution is -0.211. The van der Waals surface area contributed by atoms with Crippen LogP contribution in [0.3, 0.4) is 0 Å². The number of aromatic nitrogens is 4. The van der Waals surface area contributed by atoms with Gasteiger partial charge in [-0.1, -0.05) is 60.7 Å². The largest absolute Gasteiger partial charge is 0.490 e. The lowest BCUT2D eigenvalue weighted by atomic mass is 9.91. The monoisotopic (exact) mass is 642 g/mol. The van der Waals surface area contributed by atoms with Gasteiger partial charge in [-0.3, -0.25) is 4.57 Å². The number of halogens is 3. The van der Waals surface area contributed by atoms with Crippen LogP contribution in [0.2, 0.25) is 0 Å². The molecule has 4 aromatic rings. The van der Waals surface area contributed by atoms with E-state index in [1.165, 1.54) is 10.9 Å². The summed E-state index contributed by atoms with van der Waals surface area (Å²) < 4.78 is 51.1. The Hall–Kier alpha value is -4.31. The fourth-order valence-corrected chi connectivity index (χ4v) is 6.04. The first-order chi connectivity index (χ1) is 22.2. The van der Waals surface area contributed by atoms with Crippen molar-refractivity contribution in [3.63, 3.8) is 0 Å². The average molecular weight is 643 g/mol. The van der Waals surface area contributed by atoms with E-state index >= 15 is 0 Å². The second-order valence-electron chi connectivity index (χ2n) is 11.2. The lowest BCUT2D eigenvalue weighted by Crippen LogP contribution is -2.40. The van der Waals surface area contributed by atoms with Crippen molar-refractivity contribution in [1.82, 2.24) is 19.5 Å². The second kappa shape index (κ2) is 13.2. The molecule has 4 heterocycles. The first-order valence-corrected chi connectivity index (χ1v) is 14.9. The zero-order valence-electron chi connectivity index (χ0n) is 24.5. The summed E-state index contributed by atoms with van der Waals surface area (Å²) >= 11 is 0. The smallest absolute Gasteiger partial charge is 0.448 e. The van der Waals surface area contributed by atoms with Crippen molar-refractivity contribution in [2.45, 2.75) is 55.5 Å². The number of carbonyl (C=O) groups is 1. The average Bonchev–Trinajstić information content (AvgIpc) is 3.79. The standard InChI is InChI=1S/C31H33F3N6O6/c32-31(33,34)29(44)46-25-24(43)22(16-42)45-28(25)40-17-36-23-26(37-30(38-27(23)40)39-13-7-12-20(39)15-41)35-14-21(18-8-3-1-4-9-18)19-10-5-2-6-11-19/h1-6,8-11,17,20-22,24-25,28,41-43H,7,12-16H2,(H,35,37,38)/t20-,22+,24+,25+,28+/m0/s1. The molecule has 2 saturated heterocycles. The van der Waals surface area contributed by atoms with E-state index in [0.29, 0.717) is 25.3 Å². The van der Waals surface area contributed by atoms with Gasteiger partial charge >= 0.3 is 12.1 Å². The highest BCUT2D eigenvalue weighted by molar-refractivity contribution is 5.84. The van der Waals surface area contributed by atoms with E-state index in [9.17, 15) is 33.3 Å². The topological polar surface area (TPSA) is 155 Å². The van der Waals surface area contributed by atoms with Gasteiger partial charge in [0.15, 0.2) is 29.3 Å². The van der Waals surface area contributed by atoms with Gasteiger partial charge in [-0.15, -0.1) is 0 Å². The highest BCUT2D eigenvalue weighted by Crippen LogP contribution is 2.37. The van der Waals surface area contributed by atoms with E-state index in [2.05, 4.69) is 20.0 Å². The van der Waals surface area contributed by atoms with Gasteiger partial charge in [-0.2, -0.15) is 23.1 Å². The Balaban J connectivity index is 1.41. The molecule has 0 bridgehead atoms. The molecule has 2 aliphatic rings. The summed E-state index contributed by atoms with van der Waals surface area (Å²) in [6.07, 6.45) is -9.05. The van der Waals surface area contributed by atoms with Crippen LogP contribution in [0.15, 0.2) is 67.0 Å². The number of esters is 1. The van der Waals surface area contributed by atoms with Crippen LogP contribution in [0, 0.1) is 0 Å². The Labute approximate surface area is 261 Å². The Morgan fingerprint density at radius 2 is 1.72 bits per heavy atom. The summed E-state index contributed by atoms with van der Waals surface area (Å²) in [4.78, 5) is 27.6. The highest BCUT2D eigenvalue weighted by Gasteiger charge is 2.51. The molecule has 0 unspecified atom stereocenters. The molecular formula is C31H33F3N6O6. The quantitative estimate of drug-likeness (QED) is 0.189. The molecule has 5 atom stereocenters. The number of imidazole rings is 1. The van der Waals surface area contributed by atoms with Crippen molar-refractivity contribution < 1.29 is 42.8 Å². The van der Waals surface area contributed by atoms with Crippen LogP contribution in [-0.4, -0.2) is 97.6 Å². The van der Waals surface area contributed by atoms with Crippen molar-refractivity contribution >= 4 is 28.9 Å². The maximum absolute atomic E-state index is 13.2. The molecule has 0 aliphatic carbocycles. The Bertz CT molecular complexity index is 1600. The van der Waals surface area contributed by atoms with Crippen molar-refractivity contribution in [2.75, 3.05) is 36.5 Å². The van der Waals surface area contributed by atoms with E-state index in [-0.39, 0.29) is 35.7 Å². The zero-order valence-corrected chi connectivity index (χ0v) is 24.5. The molecule has 4 N–H and O–H groups in total. The van der Waals surface area contributed by atoms with Crippen molar-refractivity contribution in [2.24, 2.45) is 0 Å². The number of benzene rings is 2. The molecule has 2 fully saturated rings. The fraction of sp³-hybridized carbons (Fsp3) is 0.419. The maximum atomic E-state index is 13.2. The summed E-state index contributed by atoms with van der Waals surface area (Å²) in [5, 5.41) is 33.8. The highest BCUT2D eigenvalue weighted by atomic mass is 19.4. The van der Waals surface area contributed by atoms with E-state index in [1.807, 2.05) is 65.6 Å². The molecule has 0 saturated carbocycles. The number of anilines is 2. The van der Waals surface area contributed by atoms with Crippen LogP contribution in [0.25, 0.3) is 11.2 Å². The van der Waals surface area contributed by atoms with Gasteiger partial charge in [-0.05, 0) is 24.0 Å². The third kappa shape index (κ3) is 6.23. The molecule has 0 spiro atoms. The fourth-order valence-electron chi connectivity index (χ4n) is 6.04. The van der Waals surface area contributed by atoms with Gasteiger partial charge in [0, 0.05) is 19.0 Å². The van der Waals surface area contributed by atoms with Crippen molar-refractivity contribution in [3.8, 4) is 0 Å². The molecule has 6 rings (SSSR count). The van der Waals surface area contributed by atoms with Crippen LogP contribution in [-0.2, 0) is 14.3 Å². The minimum Gasteiger partial charge on any atom is -0.448 e. The van der Waals surface area contributed by atoms with E-state index < -0.39 is 43.3 Å². The van der Waals surface area contributed by atoms with Crippen LogP contribution >= 0.6 is 0 Å². The van der Waals surface area contributed by atoms with E-state index in [1.54, 1.807) is 0 Å². The number of hydrogen-bond donors (Lipinski definition) is 4. The number of carbonyl (C=O) groups excluding carboxylic acids is 1. The first kappa shape index (κ1) is 31.7. The Kier molecular flexibility index (Phi) is 9.08. The van der Waals surface area contributed by atoms with Gasteiger partial charge in [-0.25, -0.2) is 9.78 Å². The number of aliphatic hydroxyl groups excluding tert-OH is 3. The second-order valence-corrected chi connectivity index (χ2v) is 11.2. The molecule has 244 valence electrons. The Morgan fingerprint density at radius 1 is 1.04 bits per heavy atom. The molecule has 2 aliphatic heterocycles. The van der Waals surface area contributed by atoms with Crippen molar-refractivity contribution in [3.05, 3.63) is 78.1 Å². The van der Waals surface area contributed by atoms with Crippen LogP contribution in [0.1, 0.15) is 36.1 Å². The molecule has 2 aromatic heterocycles. The lowest BCUT2D eigenvalue weighted by Gasteiger charge is -2.25. The van der Waals surface area contributed by atoms with Gasteiger partial charge < -0.3 is 35.0 Å². The summed E-state index contributed by atoms with van der Waals surface area (Å²) in [5.41, 5.74) is 2.47. The molecule has 2 aromatic carbocycles. The molecule has 46 heavy (non-hydrogen) atoms. The molecule has 0 radical (unpaired) electrons. The summed E-state index contributed by atoms with van der Waals surface area (Å²) in [6, 6.07) is 19.5. The number of ether oxygens (including phenoxy) is 2. The molecule has 12 nitrogen and oxygen atoms in total. The molecule has 0 amide bonds. The predicted molar refractivity (Wildman–Crippen MR) is 159 cm³/mol. The number of hydrogen-bond acceptors (Lipinski definition) is 11. The van der Waals surface area contributed by atoms with Crippen molar-refractivity contribution in [1.29, 1.82) is 0 Å².